The van der Waals surface area contributed by atoms with Gasteiger partial charge in [-0.05, 0) is 26.8 Å². The number of carbonyl (C=O) groups excluding carboxylic acids is 2. The third kappa shape index (κ3) is 1.98. The lowest BCUT2D eigenvalue weighted by atomic mass is 9.87. The molecule has 0 spiro atoms. The molecule has 1 aliphatic carbocycles. The maximum atomic E-state index is 13.3. The summed E-state index contributed by atoms with van der Waals surface area (Å²) in [6.07, 6.45) is 1.53. The van der Waals surface area contributed by atoms with Gasteiger partial charge < -0.3 is 9.30 Å². The van der Waals surface area contributed by atoms with Crippen LogP contribution in [0.25, 0.3) is 10.9 Å². The van der Waals surface area contributed by atoms with Gasteiger partial charge in [0.05, 0.1) is 23.9 Å². The van der Waals surface area contributed by atoms with Crippen LogP contribution in [0.3, 0.4) is 0 Å². The van der Waals surface area contributed by atoms with Crippen molar-refractivity contribution in [2.24, 2.45) is 0 Å². The average molecular weight is 334 g/mol. The monoisotopic (exact) mass is 334 g/mol. The molecule has 0 aliphatic heterocycles. The van der Waals surface area contributed by atoms with E-state index in [1.54, 1.807) is 6.92 Å². The topological polar surface area (TPSA) is 61.2 Å². The van der Waals surface area contributed by atoms with Crippen LogP contribution >= 0.6 is 0 Å². The fourth-order valence-corrected chi connectivity index (χ4v) is 3.67. The number of pyridine rings is 1. The Kier molecular flexibility index (Phi) is 3.46. The lowest BCUT2D eigenvalue weighted by Gasteiger charge is -2.19. The fraction of sp³-hybridized carbons (Fsp3) is 0.250. The maximum Gasteiger partial charge on any atom is 0.215 e. The zero-order chi connectivity index (χ0) is 17.7. The molecule has 0 saturated heterocycles. The van der Waals surface area contributed by atoms with Crippen molar-refractivity contribution in [1.82, 2.24) is 9.55 Å². The van der Waals surface area contributed by atoms with Crippen LogP contribution in [0.5, 0.6) is 5.75 Å². The van der Waals surface area contributed by atoms with Gasteiger partial charge in [-0.3, -0.25) is 9.59 Å². The highest BCUT2D eigenvalue weighted by molar-refractivity contribution is 6.32. The zero-order valence-corrected chi connectivity index (χ0v) is 14.4. The van der Waals surface area contributed by atoms with Gasteiger partial charge in [0.2, 0.25) is 11.6 Å². The largest absolute Gasteiger partial charge is 0.492 e. The lowest BCUT2D eigenvalue weighted by Crippen LogP contribution is -2.25. The Morgan fingerprint density at radius 1 is 1.08 bits per heavy atom. The number of aryl methyl sites for hydroxylation is 1. The maximum absolute atomic E-state index is 13.3. The molecule has 126 valence electrons. The number of fused-ring (bicyclic) bond motifs is 4. The summed E-state index contributed by atoms with van der Waals surface area (Å²) < 4.78 is 7.47. The first-order valence-electron chi connectivity index (χ1n) is 8.43. The van der Waals surface area contributed by atoms with E-state index in [-0.39, 0.29) is 17.3 Å². The molecule has 4 rings (SSSR count). The molecule has 0 amide bonds. The van der Waals surface area contributed by atoms with Gasteiger partial charge in [0.15, 0.2) is 0 Å². The Labute approximate surface area is 145 Å². The molecule has 0 unspecified atom stereocenters. The van der Waals surface area contributed by atoms with Crippen molar-refractivity contribution < 1.29 is 14.3 Å². The quantitative estimate of drug-likeness (QED) is 0.575. The Morgan fingerprint density at radius 2 is 1.84 bits per heavy atom. The molecule has 2 heterocycles. The summed E-state index contributed by atoms with van der Waals surface area (Å²) in [6, 6.07) is 7.62. The van der Waals surface area contributed by atoms with E-state index in [4.69, 9.17) is 4.74 Å². The van der Waals surface area contributed by atoms with Crippen molar-refractivity contribution in [3.8, 4) is 5.75 Å². The van der Waals surface area contributed by atoms with Crippen molar-refractivity contribution in [2.45, 2.75) is 27.3 Å². The van der Waals surface area contributed by atoms with Crippen LogP contribution in [0.15, 0.2) is 30.5 Å². The standard InChI is InChI=1S/C20H18N2O3/c1-4-22-13-9-7-6-8-12(13)16-18(22)20(24)15-11(3)14(25-5-2)10-21-17(15)19(16)23/h6-10H,4-5H2,1-3H3. The van der Waals surface area contributed by atoms with Gasteiger partial charge in [-0.2, -0.15) is 0 Å². The van der Waals surface area contributed by atoms with E-state index in [2.05, 4.69) is 4.98 Å². The minimum Gasteiger partial charge on any atom is -0.492 e. The number of para-hydroxylation sites is 1. The molecular formula is C20H18N2O3. The molecule has 5 nitrogen and oxygen atoms in total. The van der Waals surface area contributed by atoms with Crippen molar-refractivity contribution in [3.05, 3.63) is 58.5 Å². The first-order valence-corrected chi connectivity index (χ1v) is 8.43. The van der Waals surface area contributed by atoms with Gasteiger partial charge in [0.25, 0.3) is 0 Å². The first-order chi connectivity index (χ1) is 12.1. The molecule has 0 saturated carbocycles. The molecule has 0 bridgehead atoms. The average Bonchev–Trinajstić information content (AvgIpc) is 2.96. The molecule has 5 heteroatoms. The third-order valence-electron chi connectivity index (χ3n) is 4.76. The van der Waals surface area contributed by atoms with Crippen LogP contribution in [0.4, 0.5) is 0 Å². The Bertz CT molecular complexity index is 1050. The second-order valence-corrected chi connectivity index (χ2v) is 6.05. The minimum absolute atomic E-state index is 0.158. The Hall–Kier alpha value is -2.95. The highest BCUT2D eigenvalue weighted by atomic mass is 16.5. The van der Waals surface area contributed by atoms with E-state index in [9.17, 15) is 9.59 Å². The van der Waals surface area contributed by atoms with Crippen LogP contribution in [0, 0.1) is 6.92 Å². The normalized spacial score (nSPS) is 13.1. The van der Waals surface area contributed by atoms with Crippen molar-refractivity contribution >= 4 is 22.5 Å². The number of ether oxygens (including phenoxy) is 1. The second-order valence-electron chi connectivity index (χ2n) is 6.05. The van der Waals surface area contributed by atoms with Crippen LogP contribution < -0.4 is 4.74 Å². The van der Waals surface area contributed by atoms with Crippen LogP contribution in [0.1, 0.15) is 51.5 Å². The molecular weight excluding hydrogens is 316 g/mol. The van der Waals surface area contributed by atoms with Gasteiger partial charge in [-0.25, -0.2) is 4.98 Å². The summed E-state index contributed by atoms with van der Waals surface area (Å²) in [7, 11) is 0. The number of ketones is 2. The van der Waals surface area contributed by atoms with E-state index in [1.165, 1.54) is 6.20 Å². The minimum atomic E-state index is -0.195. The summed E-state index contributed by atoms with van der Waals surface area (Å²) in [6.45, 7) is 6.74. The number of hydrogen-bond acceptors (Lipinski definition) is 4. The molecule has 2 aromatic heterocycles. The summed E-state index contributed by atoms with van der Waals surface area (Å²) >= 11 is 0. The van der Waals surface area contributed by atoms with Crippen molar-refractivity contribution in [3.63, 3.8) is 0 Å². The highest BCUT2D eigenvalue weighted by Crippen LogP contribution is 2.37. The summed E-state index contributed by atoms with van der Waals surface area (Å²) in [4.78, 5) is 30.7. The number of hydrogen-bond donors (Lipinski definition) is 0. The summed E-state index contributed by atoms with van der Waals surface area (Å²) in [5, 5.41) is 0.802. The number of rotatable bonds is 3. The van der Waals surface area contributed by atoms with Gasteiger partial charge in [-0.1, -0.05) is 18.2 Å². The molecule has 0 N–H and O–H groups in total. The van der Waals surface area contributed by atoms with E-state index in [0.29, 0.717) is 41.3 Å². The molecule has 1 aliphatic rings. The Morgan fingerprint density at radius 3 is 2.56 bits per heavy atom. The van der Waals surface area contributed by atoms with E-state index < -0.39 is 0 Å². The van der Waals surface area contributed by atoms with Gasteiger partial charge in [0, 0.05) is 23.0 Å². The Balaban J connectivity index is 2.07. The van der Waals surface area contributed by atoms with Crippen LogP contribution in [0.2, 0.25) is 0 Å². The number of benzene rings is 1. The van der Waals surface area contributed by atoms with Crippen LogP contribution in [-0.4, -0.2) is 27.7 Å². The zero-order valence-electron chi connectivity index (χ0n) is 14.4. The molecule has 25 heavy (non-hydrogen) atoms. The smallest absolute Gasteiger partial charge is 0.215 e. The SMILES string of the molecule is CCOc1cnc2c(c1C)C(=O)c1c(c3ccccc3n1CC)C2=O. The van der Waals surface area contributed by atoms with Gasteiger partial charge >= 0.3 is 0 Å². The van der Waals surface area contributed by atoms with E-state index in [0.717, 1.165) is 10.9 Å². The molecule has 3 aromatic rings. The lowest BCUT2D eigenvalue weighted by molar-refractivity contribution is 0.0970. The molecule has 0 atom stereocenters. The van der Waals surface area contributed by atoms with Gasteiger partial charge in [0.1, 0.15) is 17.1 Å². The van der Waals surface area contributed by atoms with Crippen molar-refractivity contribution in [2.75, 3.05) is 6.61 Å². The number of aromatic nitrogens is 2. The predicted molar refractivity (Wildman–Crippen MR) is 94.6 cm³/mol. The summed E-state index contributed by atoms with van der Waals surface area (Å²) in [5.74, 6) is 0.193. The molecule has 0 fully saturated rings. The van der Waals surface area contributed by atoms with Crippen LogP contribution in [-0.2, 0) is 6.54 Å². The van der Waals surface area contributed by atoms with E-state index in [1.807, 2.05) is 42.7 Å². The number of nitrogens with zero attached hydrogens (tertiary/aromatic N) is 2. The molecule has 0 radical (unpaired) electrons. The fourth-order valence-electron chi connectivity index (χ4n) is 3.67. The third-order valence-corrected chi connectivity index (χ3v) is 4.76. The summed E-state index contributed by atoms with van der Waals surface area (Å²) in [5.41, 5.74) is 3.07. The molecule has 1 aromatic carbocycles. The van der Waals surface area contributed by atoms with Gasteiger partial charge in [-0.15, -0.1) is 0 Å². The van der Waals surface area contributed by atoms with Crippen molar-refractivity contribution in [1.29, 1.82) is 0 Å². The highest BCUT2D eigenvalue weighted by Gasteiger charge is 2.37. The first kappa shape index (κ1) is 15.6. The van der Waals surface area contributed by atoms with E-state index >= 15 is 0 Å². The second kappa shape index (κ2) is 5.55. The predicted octanol–water partition coefficient (Wildman–Crippen LogP) is 3.54. The number of carbonyl (C=O) groups is 2.